The number of benzene rings is 2. The molecule has 1 aliphatic heterocycles. The highest BCUT2D eigenvalue weighted by atomic mass is 35.5. The first-order valence-electron chi connectivity index (χ1n) is 8.96. The monoisotopic (exact) mass is 429 g/mol. The molecule has 0 radical (unpaired) electrons. The second-order valence-corrected chi connectivity index (χ2v) is 7.92. The number of carbonyl (C=O) groups excluding carboxylic acids is 2. The summed E-state index contributed by atoms with van der Waals surface area (Å²) < 4.78 is 5.36. The van der Waals surface area contributed by atoms with Gasteiger partial charge in [0.05, 0.1) is 18.7 Å². The summed E-state index contributed by atoms with van der Waals surface area (Å²) in [6, 6.07) is 15.1. The van der Waals surface area contributed by atoms with E-state index >= 15 is 0 Å². The molecule has 1 amide bonds. The summed E-state index contributed by atoms with van der Waals surface area (Å²) in [5.74, 6) is -0.371. The van der Waals surface area contributed by atoms with E-state index in [1.165, 1.54) is 17.0 Å². The number of hydrogen-bond acceptors (Lipinski definition) is 4. The van der Waals surface area contributed by atoms with Gasteiger partial charge in [-0.3, -0.25) is 9.59 Å². The largest absolute Gasteiger partial charge is 0.458 e. The Kier molecular flexibility index (Phi) is 4.99. The molecule has 0 spiro atoms. The van der Waals surface area contributed by atoms with Gasteiger partial charge in [0.15, 0.2) is 11.4 Å². The second-order valence-electron chi connectivity index (χ2n) is 7.05. The van der Waals surface area contributed by atoms with Crippen LogP contribution in [0.15, 0.2) is 59.0 Å². The van der Waals surface area contributed by atoms with Crippen LogP contribution in [0.5, 0.6) is 0 Å². The van der Waals surface area contributed by atoms with Crippen LogP contribution in [0.25, 0.3) is 0 Å². The van der Waals surface area contributed by atoms with E-state index in [2.05, 4.69) is 0 Å². The summed E-state index contributed by atoms with van der Waals surface area (Å²) in [4.78, 5) is 27.4. The van der Waals surface area contributed by atoms with Crippen molar-refractivity contribution in [2.24, 2.45) is 0 Å². The lowest BCUT2D eigenvalue weighted by Gasteiger charge is -2.22. The average Bonchev–Trinajstić information content (AvgIpc) is 3.20. The standard InChI is InChI=1S/C22H17Cl2NO4/c1-13-2-9-20(29-13)19(26)11-22(28)17-10-16(24)7-8-18(17)25(21(22)27)12-14-3-5-15(23)6-4-14/h2-10,28H,11-12H2,1H3/t22-/m0/s1. The topological polar surface area (TPSA) is 70.8 Å². The normalized spacial score (nSPS) is 18.2. The molecule has 148 valence electrons. The maximum atomic E-state index is 13.3. The van der Waals surface area contributed by atoms with Gasteiger partial charge in [-0.05, 0) is 55.0 Å². The summed E-state index contributed by atoms with van der Waals surface area (Å²) >= 11 is 12.1. The molecular formula is C22H17Cl2NO4. The lowest BCUT2D eigenvalue weighted by molar-refractivity contribution is -0.136. The second kappa shape index (κ2) is 7.34. The Morgan fingerprint density at radius 3 is 2.41 bits per heavy atom. The van der Waals surface area contributed by atoms with E-state index in [4.69, 9.17) is 27.6 Å². The Balaban J connectivity index is 1.71. The highest BCUT2D eigenvalue weighted by Gasteiger charge is 2.51. The van der Waals surface area contributed by atoms with Crippen LogP contribution in [0.2, 0.25) is 10.0 Å². The van der Waals surface area contributed by atoms with E-state index in [-0.39, 0.29) is 12.3 Å². The predicted molar refractivity (Wildman–Crippen MR) is 110 cm³/mol. The molecule has 7 heteroatoms. The van der Waals surface area contributed by atoms with Crippen molar-refractivity contribution in [3.8, 4) is 0 Å². The van der Waals surface area contributed by atoms with Crippen LogP contribution in [0, 0.1) is 6.92 Å². The van der Waals surface area contributed by atoms with E-state index in [1.807, 2.05) is 0 Å². The molecule has 0 fully saturated rings. The van der Waals surface area contributed by atoms with Gasteiger partial charge in [0, 0.05) is 15.6 Å². The Labute approximate surface area is 177 Å². The maximum Gasteiger partial charge on any atom is 0.264 e. The number of rotatable bonds is 5. The van der Waals surface area contributed by atoms with Crippen LogP contribution < -0.4 is 4.90 Å². The average molecular weight is 430 g/mol. The molecule has 0 bridgehead atoms. The predicted octanol–water partition coefficient (Wildman–Crippen LogP) is 4.90. The molecule has 4 rings (SSSR count). The molecule has 29 heavy (non-hydrogen) atoms. The maximum absolute atomic E-state index is 13.3. The first-order valence-corrected chi connectivity index (χ1v) is 9.72. The number of fused-ring (bicyclic) bond motifs is 1. The minimum atomic E-state index is -2.02. The summed E-state index contributed by atoms with van der Waals surface area (Å²) in [5.41, 5.74) is -0.369. The van der Waals surface area contributed by atoms with Gasteiger partial charge in [0.25, 0.3) is 5.91 Å². The first kappa shape index (κ1) is 19.7. The fourth-order valence-electron chi connectivity index (χ4n) is 3.53. The minimum absolute atomic E-state index is 0.100. The van der Waals surface area contributed by atoms with Crippen molar-refractivity contribution < 1.29 is 19.1 Å². The zero-order valence-electron chi connectivity index (χ0n) is 15.5. The van der Waals surface area contributed by atoms with Crippen LogP contribution in [-0.4, -0.2) is 16.8 Å². The van der Waals surface area contributed by atoms with E-state index in [9.17, 15) is 14.7 Å². The van der Waals surface area contributed by atoms with Gasteiger partial charge in [-0.2, -0.15) is 0 Å². The Hall–Kier alpha value is -2.60. The van der Waals surface area contributed by atoms with Crippen molar-refractivity contribution in [2.45, 2.75) is 25.5 Å². The Morgan fingerprint density at radius 2 is 1.76 bits per heavy atom. The number of aliphatic hydroxyl groups is 1. The van der Waals surface area contributed by atoms with Crippen LogP contribution in [0.3, 0.4) is 0 Å². The van der Waals surface area contributed by atoms with Gasteiger partial charge in [-0.25, -0.2) is 0 Å². The molecule has 5 nitrogen and oxygen atoms in total. The van der Waals surface area contributed by atoms with Crippen molar-refractivity contribution >= 4 is 40.6 Å². The van der Waals surface area contributed by atoms with Gasteiger partial charge < -0.3 is 14.4 Å². The number of aryl methyl sites for hydroxylation is 1. The molecule has 0 aliphatic carbocycles. The van der Waals surface area contributed by atoms with Crippen LogP contribution >= 0.6 is 23.2 Å². The first-order chi connectivity index (χ1) is 13.8. The zero-order valence-corrected chi connectivity index (χ0v) is 17.0. The van der Waals surface area contributed by atoms with E-state index < -0.39 is 23.7 Å². The van der Waals surface area contributed by atoms with E-state index in [0.29, 0.717) is 27.1 Å². The molecule has 0 saturated heterocycles. The molecule has 0 unspecified atom stereocenters. The number of Topliss-reactive ketones (excluding diaryl/α,β-unsaturated/α-hetero) is 1. The third-order valence-corrected chi connectivity index (χ3v) is 5.47. The fraction of sp³-hybridized carbons (Fsp3) is 0.182. The molecule has 2 heterocycles. The van der Waals surface area contributed by atoms with Gasteiger partial charge in [0.1, 0.15) is 5.76 Å². The van der Waals surface area contributed by atoms with Crippen LogP contribution in [0.4, 0.5) is 5.69 Å². The van der Waals surface area contributed by atoms with Crippen molar-refractivity contribution in [1.82, 2.24) is 0 Å². The van der Waals surface area contributed by atoms with Gasteiger partial charge in [-0.1, -0.05) is 35.3 Å². The van der Waals surface area contributed by atoms with E-state index in [1.54, 1.807) is 49.4 Å². The van der Waals surface area contributed by atoms with Gasteiger partial charge >= 0.3 is 0 Å². The highest BCUT2D eigenvalue weighted by molar-refractivity contribution is 6.31. The molecule has 1 aliphatic rings. The van der Waals surface area contributed by atoms with Gasteiger partial charge in [-0.15, -0.1) is 0 Å². The molecule has 1 aromatic heterocycles. The molecule has 1 N–H and O–H groups in total. The SMILES string of the molecule is Cc1ccc(C(=O)C[C@@]2(O)C(=O)N(Cc3ccc(Cl)cc3)c3ccc(Cl)cc32)o1. The number of halogens is 2. The quantitative estimate of drug-likeness (QED) is 0.585. The lowest BCUT2D eigenvalue weighted by atomic mass is 9.89. The Morgan fingerprint density at radius 1 is 1.07 bits per heavy atom. The number of furan rings is 1. The third-order valence-electron chi connectivity index (χ3n) is 4.98. The number of anilines is 1. The molecule has 1 atom stereocenters. The highest BCUT2D eigenvalue weighted by Crippen LogP contribution is 2.44. The number of amides is 1. The Bertz CT molecular complexity index is 1110. The smallest absolute Gasteiger partial charge is 0.264 e. The number of ketones is 1. The number of hydrogen-bond donors (Lipinski definition) is 1. The fourth-order valence-corrected chi connectivity index (χ4v) is 3.82. The van der Waals surface area contributed by atoms with Crippen LogP contribution in [-0.2, 0) is 16.9 Å². The van der Waals surface area contributed by atoms with Crippen molar-refractivity contribution in [3.63, 3.8) is 0 Å². The van der Waals surface area contributed by atoms with Gasteiger partial charge in [0.2, 0.25) is 5.78 Å². The van der Waals surface area contributed by atoms with Crippen LogP contribution in [0.1, 0.15) is 33.9 Å². The van der Waals surface area contributed by atoms with Crippen molar-refractivity contribution in [3.05, 3.63) is 87.3 Å². The van der Waals surface area contributed by atoms with Crippen molar-refractivity contribution in [1.29, 1.82) is 0 Å². The summed E-state index contributed by atoms with van der Waals surface area (Å²) in [7, 11) is 0. The zero-order chi connectivity index (χ0) is 20.8. The molecular weight excluding hydrogens is 413 g/mol. The summed E-state index contributed by atoms with van der Waals surface area (Å²) in [6.45, 7) is 1.94. The molecule has 3 aromatic rings. The molecule has 0 saturated carbocycles. The lowest BCUT2D eigenvalue weighted by Crippen LogP contribution is -2.41. The third kappa shape index (κ3) is 3.57. The van der Waals surface area contributed by atoms with Crippen molar-refractivity contribution in [2.75, 3.05) is 4.90 Å². The minimum Gasteiger partial charge on any atom is -0.458 e. The molecule has 2 aromatic carbocycles. The number of nitrogens with zero attached hydrogens (tertiary/aromatic N) is 1. The summed E-state index contributed by atoms with van der Waals surface area (Å²) in [6.07, 6.45) is -0.441. The number of carbonyl (C=O) groups is 2. The summed E-state index contributed by atoms with van der Waals surface area (Å²) in [5, 5.41) is 12.3. The van der Waals surface area contributed by atoms with E-state index in [0.717, 1.165) is 5.56 Å².